The number of anilines is 3. The van der Waals surface area contributed by atoms with Gasteiger partial charge in [0.2, 0.25) is 5.88 Å². The molecule has 5 rings (SSSR count). The molecular weight excluding hydrogens is 485 g/mol. The van der Waals surface area contributed by atoms with Gasteiger partial charge in [-0.2, -0.15) is 4.98 Å². The highest BCUT2D eigenvalue weighted by atomic mass is 19.1. The van der Waals surface area contributed by atoms with E-state index in [9.17, 15) is 5.11 Å². The summed E-state index contributed by atoms with van der Waals surface area (Å²) in [5.41, 5.74) is 0.707. The molecule has 10 heteroatoms. The molecule has 0 aliphatic carbocycles. The van der Waals surface area contributed by atoms with Crippen LogP contribution in [0.5, 0.6) is 5.88 Å². The molecule has 38 heavy (non-hydrogen) atoms. The number of fused-ring (bicyclic) bond motifs is 2. The lowest BCUT2D eigenvalue weighted by Crippen LogP contribution is -2.33. The zero-order valence-corrected chi connectivity index (χ0v) is 22.4. The summed E-state index contributed by atoms with van der Waals surface area (Å²) in [5, 5.41) is 14.7. The van der Waals surface area contributed by atoms with Crippen LogP contribution < -0.4 is 15.0 Å². The number of hydrogen-bond acceptors (Lipinski definition) is 9. The van der Waals surface area contributed by atoms with E-state index in [1.807, 2.05) is 45.8 Å². The maximum absolute atomic E-state index is 15.4. The Kier molecular flexibility index (Phi) is 7.02. The molecule has 3 aromatic heterocycles. The van der Waals surface area contributed by atoms with Crippen molar-refractivity contribution < 1.29 is 14.2 Å². The quantitative estimate of drug-likeness (QED) is 0.351. The first-order valence-corrected chi connectivity index (χ1v) is 12.8. The van der Waals surface area contributed by atoms with Crippen molar-refractivity contribution >= 4 is 39.1 Å². The molecule has 0 amide bonds. The van der Waals surface area contributed by atoms with E-state index < -0.39 is 11.4 Å². The minimum atomic E-state index is -0.774. The minimum absolute atomic E-state index is 0.130. The number of halogens is 1. The molecule has 1 aliphatic heterocycles. The van der Waals surface area contributed by atoms with Gasteiger partial charge in [0.05, 0.1) is 22.3 Å². The Morgan fingerprint density at radius 2 is 2.03 bits per heavy atom. The molecule has 0 bridgehead atoms. The van der Waals surface area contributed by atoms with Gasteiger partial charge in [-0.3, -0.25) is 4.98 Å². The summed E-state index contributed by atoms with van der Waals surface area (Å²) in [5.74, 6) is 1.22. The average Bonchev–Trinajstić information content (AvgIpc) is 3.37. The molecule has 1 saturated heterocycles. The number of likely N-dealkylation sites (N-methyl/N-ethyl adjacent to an activating group) is 1. The van der Waals surface area contributed by atoms with Gasteiger partial charge in [0.1, 0.15) is 29.5 Å². The van der Waals surface area contributed by atoms with Crippen molar-refractivity contribution in [1.82, 2.24) is 24.8 Å². The molecule has 1 fully saturated rings. The summed E-state index contributed by atoms with van der Waals surface area (Å²) in [4.78, 5) is 22.3. The normalized spacial score (nSPS) is 16.9. The summed E-state index contributed by atoms with van der Waals surface area (Å²) in [7, 11) is 3.96. The van der Waals surface area contributed by atoms with Crippen LogP contribution in [0.4, 0.5) is 21.7 Å². The number of ether oxygens (including phenoxy) is 1. The van der Waals surface area contributed by atoms with Crippen molar-refractivity contribution in [2.24, 2.45) is 5.92 Å². The predicted molar refractivity (Wildman–Crippen MR) is 148 cm³/mol. The highest BCUT2D eigenvalue weighted by Gasteiger charge is 2.34. The van der Waals surface area contributed by atoms with Crippen molar-refractivity contribution in [2.45, 2.75) is 38.9 Å². The van der Waals surface area contributed by atoms with Gasteiger partial charge in [0, 0.05) is 43.2 Å². The van der Waals surface area contributed by atoms with Crippen molar-refractivity contribution in [3.8, 4) is 5.88 Å². The maximum Gasteiger partial charge on any atom is 0.229 e. The van der Waals surface area contributed by atoms with Gasteiger partial charge in [-0.1, -0.05) is 0 Å². The molecule has 0 spiro atoms. The fourth-order valence-electron chi connectivity index (χ4n) is 5.00. The first-order valence-electron chi connectivity index (χ1n) is 12.8. The predicted octanol–water partition coefficient (Wildman–Crippen LogP) is 4.38. The van der Waals surface area contributed by atoms with Crippen LogP contribution in [0, 0.1) is 11.7 Å². The number of nitrogens with zero attached hydrogens (tertiary/aromatic N) is 6. The minimum Gasteiger partial charge on any atom is -0.473 e. The van der Waals surface area contributed by atoms with Crippen LogP contribution in [-0.4, -0.2) is 75.4 Å². The van der Waals surface area contributed by atoms with Crippen LogP contribution in [0.1, 0.15) is 27.2 Å². The fraction of sp³-hybridized carbons (Fsp3) is 0.429. The molecular formula is C28H34FN7O2. The van der Waals surface area contributed by atoms with Gasteiger partial charge in [0.25, 0.3) is 0 Å². The van der Waals surface area contributed by atoms with E-state index in [4.69, 9.17) is 9.72 Å². The summed E-state index contributed by atoms with van der Waals surface area (Å²) < 4.78 is 21.7. The second kappa shape index (κ2) is 10.3. The number of aromatic nitrogens is 4. The number of benzene rings is 1. The lowest BCUT2D eigenvalue weighted by molar-refractivity contribution is 0.0263. The third-order valence-electron chi connectivity index (χ3n) is 6.99. The van der Waals surface area contributed by atoms with Crippen molar-refractivity contribution in [3.63, 3.8) is 0 Å². The smallest absolute Gasteiger partial charge is 0.229 e. The van der Waals surface area contributed by atoms with E-state index in [0.717, 1.165) is 18.8 Å². The third-order valence-corrected chi connectivity index (χ3v) is 6.99. The van der Waals surface area contributed by atoms with E-state index in [1.165, 1.54) is 6.33 Å². The SMILES string of the molecule is C[C@H](CN(C)C)Oc1nc(N2CCC(C(C)(C)O)C2)cc2ncnc(Nc3ccc4ncccc4c3F)c12. The highest BCUT2D eigenvalue weighted by Crippen LogP contribution is 2.37. The molecule has 4 aromatic rings. The highest BCUT2D eigenvalue weighted by molar-refractivity contribution is 5.97. The number of nitrogens with one attached hydrogen (secondary N) is 1. The lowest BCUT2D eigenvalue weighted by atomic mass is 9.90. The Bertz CT molecular complexity index is 1460. The van der Waals surface area contributed by atoms with E-state index in [1.54, 1.807) is 30.5 Å². The van der Waals surface area contributed by atoms with E-state index >= 15 is 4.39 Å². The van der Waals surface area contributed by atoms with Gasteiger partial charge in [-0.05, 0) is 65.6 Å². The van der Waals surface area contributed by atoms with Crippen LogP contribution in [0.3, 0.4) is 0 Å². The van der Waals surface area contributed by atoms with Gasteiger partial charge in [-0.25, -0.2) is 14.4 Å². The third kappa shape index (κ3) is 5.32. The van der Waals surface area contributed by atoms with E-state index in [0.29, 0.717) is 46.6 Å². The molecule has 200 valence electrons. The van der Waals surface area contributed by atoms with Gasteiger partial charge in [-0.15, -0.1) is 0 Å². The van der Waals surface area contributed by atoms with E-state index in [-0.39, 0.29) is 17.7 Å². The van der Waals surface area contributed by atoms with Crippen LogP contribution in [0.2, 0.25) is 0 Å². The topological polar surface area (TPSA) is 99.5 Å². The standard InChI is InChI=1S/C28H34FN7O2/c1-17(14-35(4)5)38-27-24-22(13-23(34-27)36-12-10-18(15-36)28(2,3)37)31-16-32-26(24)33-21-9-8-20-19(25(21)29)7-6-11-30-20/h6-9,11,13,16-18,37H,10,12,14-15H2,1-5H3,(H,31,32,33)/t17-,18?/m1/s1. The molecule has 2 N–H and O–H groups in total. The van der Waals surface area contributed by atoms with Crippen LogP contribution in [0.15, 0.2) is 42.9 Å². The lowest BCUT2D eigenvalue weighted by Gasteiger charge is -2.26. The molecule has 4 heterocycles. The molecule has 9 nitrogen and oxygen atoms in total. The Balaban J connectivity index is 1.57. The summed E-state index contributed by atoms with van der Waals surface area (Å²) in [6.07, 6.45) is 3.78. The monoisotopic (exact) mass is 519 g/mol. The van der Waals surface area contributed by atoms with Crippen LogP contribution in [-0.2, 0) is 0 Å². The molecule has 1 aliphatic rings. The first-order chi connectivity index (χ1) is 18.1. The Morgan fingerprint density at radius 3 is 2.76 bits per heavy atom. The van der Waals surface area contributed by atoms with Gasteiger partial charge < -0.3 is 25.0 Å². The zero-order valence-electron chi connectivity index (χ0n) is 22.4. The Morgan fingerprint density at radius 1 is 1.21 bits per heavy atom. The van der Waals surface area contributed by atoms with Crippen molar-refractivity contribution in [3.05, 3.63) is 48.7 Å². The van der Waals surface area contributed by atoms with Crippen LogP contribution in [0.25, 0.3) is 21.8 Å². The second-order valence-electron chi connectivity index (χ2n) is 10.8. The summed E-state index contributed by atoms with van der Waals surface area (Å²) in [6.45, 7) is 7.81. The van der Waals surface area contributed by atoms with Crippen molar-refractivity contribution in [1.29, 1.82) is 0 Å². The summed E-state index contributed by atoms with van der Waals surface area (Å²) >= 11 is 0. The molecule has 0 saturated carbocycles. The second-order valence-corrected chi connectivity index (χ2v) is 10.8. The number of hydrogen-bond donors (Lipinski definition) is 2. The number of pyridine rings is 2. The number of aliphatic hydroxyl groups is 1. The summed E-state index contributed by atoms with van der Waals surface area (Å²) in [6, 6.07) is 8.72. The number of rotatable bonds is 8. The molecule has 1 aromatic carbocycles. The first kappa shape index (κ1) is 26.0. The maximum atomic E-state index is 15.4. The van der Waals surface area contributed by atoms with E-state index in [2.05, 4.69) is 25.2 Å². The zero-order chi connectivity index (χ0) is 27.0. The van der Waals surface area contributed by atoms with Crippen molar-refractivity contribution in [2.75, 3.05) is 43.9 Å². The largest absolute Gasteiger partial charge is 0.473 e. The molecule has 1 unspecified atom stereocenters. The Labute approximate surface area is 221 Å². The van der Waals surface area contributed by atoms with Gasteiger partial charge in [0.15, 0.2) is 5.82 Å². The van der Waals surface area contributed by atoms with Crippen LogP contribution >= 0.6 is 0 Å². The average molecular weight is 520 g/mol. The Hall–Kier alpha value is -3.63. The fourth-order valence-corrected chi connectivity index (χ4v) is 5.00. The van der Waals surface area contributed by atoms with Gasteiger partial charge >= 0.3 is 0 Å². The molecule has 2 atom stereocenters. The molecule has 0 radical (unpaired) electrons.